The molecule has 0 spiro atoms. The van der Waals surface area contributed by atoms with E-state index in [4.69, 9.17) is 4.74 Å². The Hall–Kier alpha value is -2.50. The number of amides is 1. The maximum atomic E-state index is 12.5. The molecule has 1 aliphatic heterocycles. The number of aromatic amines is 1. The molecular formula is C21H24ClN3O2. The summed E-state index contributed by atoms with van der Waals surface area (Å²) >= 11 is 0. The molecule has 27 heavy (non-hydrogen) atoms. The third-order valence-corrected chi connectivity index (χ3v) is 4.74. The molecule has 5 nitrogen and oxygen atoms in total. The predicted octanol–water partition coefficient (Wildman–Crippen LogP) is 3.65. The summed E-state index contributed by atoms with van der Waals surface area (Å²) in [6.07, 6.45) is 2.24. The van der Waals surface area contributed by atoms with Gasteiger partial charge in [0.05, 0.1) is 0 Å². The van der Waals surface area contributed by atoms with Crippen LogP contribution in [0.4, 0.5) is 0 Å². The van der Waals surface area contributed by atoms with Crippen molar-refractivity contribution in [2.24, 2.45) is 0 Å². The third kappa shape index (κ3) is 4.62. The number of ether oxygens (including phenoxy) is 1. The fraction of sp³-hybridized carbons (Fsp3) is 0.286. The average Bonchev–Trinajstić information content (AvgIpc) is 3.13. The van der Waals surface area contributed by atoms with Gasteiger partial charge in [0.2, 0.25) is 0 Å². The fourth-order valence-electron chi connectivity index (χ4n) is 3.32. The van der Waals surface area contributed by atoms with Crippen LogP contribution in [-0.4, -0.2) is 30.1 Å². The van der Waals surface area contributed by atoms with Gasteiger partial charge in [-0.1, -0.05) is 36.4 Å². The van der Waals surface area contributed by atoms with Gasteiger partial charge in [-0.05, 0) is 49.7 Å². The molecule has 1 saturated heterocycles. The van der Waals surface area contributed by atoms with Crippen molar-refractivity contribution in [3.05, 3.63) is 65.9 Å². The first-order valence-electron chi connectivity index (χ1n) is 9.11. The number of rotatable bonds is 5. The molecule has 4 rings (SSSR count). The number of halogens is 1. The van der Waals surface area contributed by atoms with Crippen LogP contribution in [-0.2, 0) is 6.54 Å². The molecule has 1 aliphatic rings. The van der Waals surface area contributed by atoms with E-state index >= 15 is 0 Å². The van der Waals surface area contributed by atoms with Crippen LogP contribution in [0.15, 0.2) is 54.6 Å². The first kappa shape index (κ1) is 19.3. The lowest BCUT2D eigenvalue weighted by Crippen LogP contribution is -2.34. The topological polar surface area (TPSA) is 66.2 Å². The maximum Gasteiger partial charge on any atom is 0.267 e. The van der Waals surface area contributed by atoms with E-state index < -0.39 is 0 Å². The molecule has 6 heteroatoms. The van der Waals surface area contributed by atoms with Gasteiger partial charge in [0, 0.05) is 17.4 Å². The number of hydrogen-bond acceptors (Lipinski definition) is 3. The van der Waals surface area contributed by atoms with Gasteiger partial charge >= 0.3 is 0 Å². The Morgan fingerprint density at radius 2 is 1.85 bits per heavy atom. The Bertz CT molecular complexity index is 889. The van der Waals surface area contributed by atoms with Crippen molar-refractivity contribution < 1.29 is 9.53 Å². The van der Waals surface area contributed by atoms with Crippen LogP contribution >= 0.6 is 12.4 Å². The van der Waals surface area contributed by atoms with Crippen molar-refractivity contribution in [1.29, 1.82) is 0 Å². The maximum absolute atomic E-state index is 12.5. The number of carbonyl (C=O) groups excluding carboxylic acids is 1. The van der Waals surface area contributed by atoms with E-state index in [9.17, 15) is 4.79 Å². The van der Waals surface area contributed by atoms with Gasteiger partial charge in [0.1, 0.15) is 17.5 Å². The summed E-state index contributed by atoms with van der Waals surface area (Å²) in [7, 11) is 0. The molecule has 0 aliphatic carbocycles. The van der Waals surface area contributed by atoms with Crippen LogP contribution in [0, 0.1) is 0 Å². The average molecular weight is 386 g/mol. The SMILES string of the molecule is Cl.O=C(NCc1ccccc1)c1cc2c(OC3CCNCC3)cccc2[nH]1. The molecular weight excluding hydrogens is 362 g/mol. The van der Waals surface area contributed by atoms with Crippen molar-refractivity contribution >= 4 is 29.2 Å². The molecule has 3 aromatic rings. The Morgan fingerprint density at radius 3 is 2.63 bits per heavy atom. The number of H-pyrrole nitrogens is 1. The summed E-state index contributed by atoms with van der Waals surface area (Å²) in [6, 6.07) is 17.7. The summed E-state index contributed by atoms with van der Waals surface area (Å²) < 4.78 is 6.20. The van der Waals surface area contributed by atoms with Crippen molar-refractivity contribution in [3.8, 4) is 5.75 Å². The zero-order valence-corrected chi connectivity index (χ0v) is 15.9. The smallest absolute Gasteiger partial charge is 0.267 e. The standard InChI is InChI=1S/C21H23N3O2.ClH/c25-21(23-14-15-5-2-1-3-6-15)19-13-17-18(24-19)7-4-8-20(17)26-16-9-11-22-12-10-16;/h1-8,13,16,22,24H,9-12,14H2,(H,23,25);1H. The quantitative estimate of drug-likeness (QED) is 0.628. The van der Waals surface area contributed by atoms with E-state index in [1.807, 2.05) is 54.6 Å². The second kappa shape index (κ2) is 8.93. The van der Waals surface area contributed by atoms with Crippen molar-refractivity contribution in [1.82, 2.24) is 15.6 Å². The van der Waals surface area contributed by atoms with Gasteiger partial charge in [0.25, 0.3) is 5.91 Å². The van der Waals surface area contributed by atoms with E-state index in [-0.39, 0.29) is 24.4 Å². The number of piperidine rings is 1. The molecule has 2 aromatic carbocycles. The van der Waals surface area contributed by atoms with E-state index in [2.05, 4.69) is 15.6 Å². The molecule has 3 N–H and O–H groups in total. The molecule has 1 amide bonds. The first-order chi connectivity index (χ1) is 12.8. The molecule has 0 saturated carbocycles. The first-order valence-corrected chi connectivity index (χ1v) is 9.11. The second-order valence-electron chi connectivity index (χ2n) is 6.64. The Morgan fingerprint density at radius 1 is 1.07 bits per heavy atom. The summed E-state index contributed by atoms with van der Waals surface area (Å²) in [4.78, 5) is 15.7. The highest BCUT2D eigenvalue weighted by molar-refractivity contribution is 5.99. The minimum Gasteiger partial charge on any atom is -0.490 e. The molecule has 0 radical (unpaired) electrons. The van der Waals surface area contributed by atoms with Gasteiger partial charge < -0.3 is 20.4 Å². The van der Waals surface area contributed by atoms with Crippen LogP contribution in [0.25, 0.3) is 10.9 Å². The molecule has 1 aromatic heterocycles. The van der Waals surface area contributed by atoms with Crippen LogP contribution in [0.5, 0.6) is 5.75 Å². The lowest BCUT2D eigenvalue weighted by atomic mass is 10.1. The number of nitrogens with one attached hydrogen (secondary N) is 3. The fourth-order valence-corrected chi connectivity index (χ4v) is 3.32. The minimum atomic E-state index is -0.113. The van der Waals surface area contributed by atoms with E-state index in [0.29, 0.717) is 12.2 Å². The van der Waals surface area contributed by atoms with E-state index in [1.54, 1.807) is 0 Å². The molecule has 0 atom stereocenters. The number of benzene rings is 2. The summed E-state index contributed by atoms with van der Waals surface area (Å²) in [6.45, 7) is 2.48. The minimum absolute atomic E-state index is 0. The van der Waals surface area contributed by atoms with Crippen LogP contribution in [0.2, 0.25) is 0 Å². The summed E-state index contributed by atoms with van der Waals surface area (Å²) in [5.74, 6) is 0.727. The lowest BCUT2D eigenvalue weighted by Gasteiger charge is -2.24. The molecule has 1 fully saturated rings. The molecule has 2 heterocycles. The Balaban J connectivity index is 0.00000210. The molecule has 142 valence electrons. The predicted molar refractivity (Wildman–Crippen MR) is 110 cm³/mol. The highest BCUT2D eigenvalue weighted by Gasteiger charge is 2.17. The van der Waals surface area contributed by atoms with Gasteiger partial charge in [0.15, 0.2) is 0 Å². The van der Waals surface area contributed by atoms with E-state index in [1.165, 1.54) is 0 Å². The summed E-state index contributed by atoms with van der Waals surface area (Å²) in [5.41, 5.74) is 2.55. The van der Waals surface area contributed by atoms with Crippen molar-refractivity contribution in [2.45, 2.75) is 25.5 Å². The highest BCUT2D eigenvalue weighted by atomic mass is 35.5. The van der Waals surface area contributed by atoms with Crippen LogP contribution in [0.1, 0.15) is 28.9 Å². The van der Waals surface area contributed by atoms with Crippen LogP contribution in [0.3, 0.4) is 0 Å². The molecule has 0 unspecified atom stereocenters. The number of carbonyl (C=O) groups is 1. The van der Waals surface area contributed by atoms with E-state index in [0.717, 1.165) is 48.1 Å². The zero-order chi connectivity index (χ0) is 17.8. The zero-order valence-electron chi connectivity index (χ0n) is 15.0. The number of fused-ring (bicyclic) bond motifs is 1. The molecule has 0 bridgehead atoms. The van der Waals surface area contributed by atoms with Gasteiger partial charge in [-0.25, -0.2) is 0 Å². The number of hydrogen-bond donors (Lipinski definition) is 3. The van der Waals surface area contributed by atoms with Gasteiger partial charge in [-0.2, -0.15) is 0 Å². The third-order valence-electron chi connectivity index (χ3n) is 4.74. The van der Waals surface area contributed by atoms with Gasteiger partial charge in [-0.3, -0.25) is 4.79 Å². The highest BCUT2D eigenvalue weighted by Crippen LogP contribution is 2.28. The Labute approximate surface area is 164 Å². The lowest BCUT2D eigenvalue weighted by molar-refractivity contribution is 0.0947. The monoisotopic (exact) mass is 385 g/mol. The second-order valence-corrected chi connectivity index (χ2v) is 6.64. The van der Waals surface area contributed by atoms with Crippen molar-refractivity contribution in [2.75, 3.05) is 13.1 Å². The van der Waals surface area contributed by atoms with Crippen LogP contribution < -0.4 is 15.4 Å². The normalized spacial score (nSPS) is 14.5. The largest absolute Gasteiger partial charge is 0.490 e. The number of aromatic nitrogens is 1. The summed E-state index contributed by atoms with van der Waals surface area (Å²) in [5, 5.41) is 7.26. The van der Waals surface area contributed by atoms with Crippen molar-refractivity contribution in [3.63, 3.8) is 0 Å². The van der Waals surface area contributed by atoms with Gasteiger partial charge in [-0.15, -0.1) is 12.4 Å². The Kier molecular flexibility index (Phi) is 6.37.